The average molecular weight is 126 g/mol. The molecular formula is CLiNiO3+. The molecule has 0 saturated heterocycles. The molecule has 5 heteroatoms. The molecule has 6 heavy (non-hydrogen) atoms. The Labute approximate surface area is 56.8 Å². The number of hydrogen-bond donors (Lipinski definition) is 0. The van der Waals surface area contributed by atoms with Crippen LogP contribution in [0.1, 0.15) is 0 Å². The SMILES string of the molecule is O=C([O-])[O-].[Li+].[Ni+2]. The molecule has 0 aliphatic heterocycles. The second-order valence-corrected chi connectivity index (χ2v) is 0.250. The van der Waals surface area contributed by atoms with Crippen LogP contribution in [-0.4, -0.2) is 6.16 Å². The van der Waals surface area contributed by atoms with Crippen LogP contribution in [0.3, 0.4) is 0 Å². The first-order chi connectivity index (χ1) is 1.73. The summed E-state index contributed by atoms with van der Waals surface area (Å²) in [7, 11) is 0. The zero-order valence-corrected chi connectivity index (χ0v) is 4.03. The standard InChI is InChI=1S/CH2O3.Li.Ni/c2-1(3)4;;/h(H2,2,3,4);;/q;+1;+2/p-2. The molecule has 0 aromatic rings. The Bertz CT molecular complexity index is 33.8. The summed E-state index contributed by atoms with van der Waals surface area (Å²) < 4.78 is 0. The van der Waals surface area contributed by atoms with Crippen LogP contribution >= 0.6 is 0 Å². The molecule has 0 aromatic heterocycles. The molecule has 32 valence electrons. The Morgan fingerprint density at radius 1 is 1.33 bits per heavy atom. The van der Waals surface area contributed by atoms with Crippen molar-refractivity contribution in [3.63, 3.8) is 0 Å². The number of carbonyl (C=O) groups excluding carboxylic acids is 1. The maximum absolute atomic E-state index is 8.33. The van der Waals surface area contributed by atoms with E-state index in [0.717, 1.165) is 0 Å². The van der Waals surface area contributed by atoms with Crippen molar-refractivity contribution < 1.29 is 50.4 Å². The first-order valence-electron chi connectivity index (χ1n) is 0.612. The van der Waals surface area contributed by atoms with E-state index >= 15 is 0 Å². The predicted octanol–water partition coefficient (Wildman–Crippen LogP) is -5.45. The van der Waals surface area contributed by atoms with Gasteiger partial charge in [-0.3, -0.25) is 0 Å². The van der Waals surface area contributed by atoms with Gasteiger partial charge >= 0.3 is 35.4 Å². The molecule has 0 amide bonds. The topological polar surface area (TPSA) is 63.2 Å². The first kappa shape index (κ1) is 16.2. The van der Waals surface area contributed by atoms with Gasteiger partial charge in [-0.05, 0) is 6.16 Å². The van der Waals surface area contributed by atoms with Crippen LogP contribution in [0.2, 0.25) is 0 Å². The molecule has 0 rings (SSSR count). The molecule has 0 fully saturated rings. The minimum absolute atomic E-state index is 0. The Balaban J connectivity index is -0.0000000450. The number of hydrogen-bond acceptors (Lipinski definition) is 3. The summed E-state index contributed by atoms with van der Waals surface area (Å²) in [6.45, 7) is 0. The molecule has 0 N–H and O–H groups in total. The molecule has 0 radical (unpaired) electrons. The van der Waals surface area contributed by atoms with Crippen molar-refractivity contribution in [2.24, 2.45) is 0 Å². The van der Waals surface area contributed by atoms with Gasteiger partial charge in [0.1, 0.15) is 0 Å². The van der Waals surface area contributed by atoms with E-state index < -0.39 is 6.16 Å². The summed E-state index contributed by atoms with van der Waals surface area (Å²) in [5.41, 5.74) is 0. The van der Waals surface area contributed by atoms with Crippen LogP contribution in [0, 0.1) is 0 Å². The smallest absolute Gasteiger partial charge is 0.652 e. The van der Waals surface area contributed by atoms with E-state index in [0.29, 0.717) is 0 Å². The Morgan fingerprint density at radius 2 is 1.33 bits per heavy atom. The van der Waals surface area contributed by atoms with Gasteiger partial charge in [0.15, 0.2) is 0 Å². The van der Waals surface area contributed by atoms with Crippen LogP contribution in [0.5, 0.6) is 0 Å². The van der Waals surface area contributed by atoms with Crippen molar-refractivity contribution in [3.8, 4) is 0 Å². The molecule has 0 aliphatic carbocycles. The molecule has 0 unspecified atom stereocenters. The summed E-state index contributed by atoms with van der Waals surface area (Å²) in [5.74, 6) is 0. The number of rotatable bonds is 0. The van der Waals surface area contributed by atoms with E-state index in [-0.39, 0.29) is 35.4 Å². The number of carboxylic acid groups (broad SMARTS) is 2. The van der Waals surface area contributed by atoms with Gasteiger partial charge in [-0.2, -0.15) is 0 Å². The first-order valence-corrected chi connectivity index (χ1v) is 0.612. The van der Waals surface area contributed by atoms with E-state index in [1.54, 1.807) is 0 Å². The summed E-state index contributed by atoms with van der Waals surface area (Å²) >= 11 is 0. The largest absolute Gasteiger partial charge is 2.00 e. The van der Waals surface area contributed by atoms with Crippen molar-refractivity contribution in [1.29, 1.82) is 0 Å². The molecule has 0 saturated carbocycles. The van der Waals surface area contributed by atoms with Crippen molar-refractivity contribution in [2.75, 3.05) is 0 Å². The minimum Gasteiger partial charge on any atom is -0.652 e. The maximum atomic E-state index is 8.33. The van der Waals surface area contributed by atoms with Crippen LogP contribution in [0.25, 0.3) is 0 Å². The van der Waals surface area contributed by atoms with Gasteiger partial charge in [0.2, 0.25) is 0 Å². The van der Waals surface area contributed by atoms with Crippen LogP contribution in [0.4, 0.5) is 4.79 Å². The predicted molar refractivity (Wildman–Crippen MR) is 5.40 cm³/mol. The van der Waals surface area contributed by atoms with E-state index in [4.69, 9.17) is 15.0 Å². The average Bonchev–Trinajstić information content (AvgIpc) is 0.811. The van der Waals surface area contributed by atoms with Crippen molar-refractivity contribution in [3.05, 3.63) is 0 Å². The molecule has 3 nitrogen and oxygen atoms in total. The third-order valence-electron chi connectivity index (χ3n) is 0. The van der Waals surface area contributed by atoms with Crippen LogP contribution < -0.4 is 29.1 Å². The Kier molecular flexibility index (Phi) is 24.3. The molecule has 0 bridgehead atoms. The monoisotopic (exact) mass is 125 g/mol. The molecule has 0 heterocycles. The molecule has 0 spiro atoms. The van der Waals surface area contributed by atoms with E-state index in [1.807, 2.05) is 0 Å². The normalized spacial score (nSPS) is 4.00. The van der Waals surface area contributed by atoms with E-state index in [9.17, 15) is 0 Å². The van der Waals surface area contributed by atoms with Crippen molar-refractivity contribution in [2.45, 2.75) is 0 Å². The van der Waals surface area contributed by atoms with Crippen LogP contribution in [-0.2, 0) is 16.5 Å². The molecule has 0 aromatic carbocycles. The second-order valence-electron chi connectivity index (χ2n) is 0.250. The fourth-order valence-electron chi connectivity index (χ4n) is 0. The zero-order valence-electron chi connectivity index (χ0n) is 3.04. The molecule has 0 atom stereocenters. The molecule has 0 aliphatic rings. The quantitative estimate of drug-likeness (QED) is 0.304. The van der Waals surface area contributed by atoms with Gasteiger partial charge in [0, 0.05) is 0 Å². The van der Waals surface area contributed by atoms with Gasteiger partial charge in [0.05, 0.1) is 0 Å². The van der Waals surface area contributed by atoms with Gasteiger partial charge in [0.25, 0.3) is 0 Å². The molecular weight excluding hydrogens is 126 g/mol. The third-order valence-corrected chi connectivity index (χ3v) is 0. The maximum Gasteiger partial charge on any atom is 2.00 e. The Hall–Kier alpha value is 0.361. The Morgan fingerprint density at radius 3 is 1.33 bits per heavy atom. The van der Waals surface area contributed by atoms with E-state index in [2.05, 4.69) is 0 Å². The third kappa shape index (κ3) is 378. The summed E-state index contributed by atoms with van der Waals surface area (Å²) in [5, 5.41) is 16.7. The van der Waals surface area contributed by atoms with Crippen LogP contribution in [0.15, 0.2) is 0 Å². The van der Waals surface area contributed by atoms with Gasteiger partial charge in [-0.15, -0.1) is 0 Å². The summed E-state index contributed by atoms with van der Waals surface area (Å²) in [6.07, 6.45) is -2.33. The van der Waals surface area contributed by atoms with E-state index in [1.165, 1.54) is 0 Å². The second kappa shape index (κ2) is 9.03. The summed E-state index contributed by atoms with van der Waals surface area (Å²) in [4.78, 5) is 8.33. The minimum atomic E-state index is -2.33. The number of carbonyl (C=O) groups is 1. The summed E-state index contributed by atoms with van der Waals surface area (Å²) in [6, 6.07) is 0. The fourth-order valence-corrected chi connectivity index (χ4v) is 0. The zero-order chi connectivity index (χ0) is 3.58. The van der Waals surface area contributed by atoms with Gasteiger partial charge in [-0.1, -0.05) is 0 Å². The van der Waals surface area contributed by atoms with Crippen molar-refractivity contribution in [1.82, 2.24) is 0 Å². The van der Waals surface area contributed by atoms with Gasteiger partial charge in [-0.25, -0.2) is 0 Å². The van der Waals surface area contributed by atoms with Crippen molar-refractivity contribution >= 4 is 6.16 Å². The van der Waals surface area contributed by atoms with Gasteiger partial charge < -0.3 is 15.0 Å². The fraction of sp³-hybridized carbons (Fsp3) is 0.